The van der Waals surface area contributed by atoms with E-state index in [0.29, 0.717) is 12.3 Å². The van der Waals surface area contributed by atoms with Crippen molar-refractivity contribution >= 4 is 27.6 Å². The molecule has 1 fully saturated rings. The van der Waals surface area contributed by atoms with Crippen molar-refractivity contribution < 1.29 is 17.6 Å². The number of carbonyl (C=O) groups excluding carboxylic acids is 1. The fourth-order valence-electron chi connectivity index (χ4n) is 3.85. The Bertz CT molecular complexity index is 1180. The highest BCUT2D eigenvalue weighted by molar-refractivity contribution is 8.02. The number of nitrogens with zero attached hydrogens (tertiary/aromatic N) is 1. The first-order chi connectivity index (χ1) is 15.4. The summed E-state index contributed by atoms with van der Waals surface area (Å²) in [5.41, 5.74) is 2.80. The number of thioether (sulfide) groups is 1. The number of Topliss-reactive ketones (excluding diaryl/α,β-unsaturated/α-hetero) is 1. The van der Waals surface area contributed by atoms with E-state index >= 15 is 0 Å². The van der Waals surface area contributed by atoms with Crippen molar-refractivity contribution in [1.82, 2.24) is 4.31 Å². The molecular formula is C25H24FNO3S2. The zero-order valence-corrected chi connectivity index (χ0v) is 19.3. The van der Waals surface area contributed by atoms with Crippen molar-refractivity contribution in [1.29, 1.82) is 0 Å². The van der Waals surface area contributed by atoms with Crippen LogP contribution in [0.25, 0.3) is 11.1 Å². The molecule has 0 radical (unpaired) electrons. The number of sulfonamides is 1. The molecule has 0 bridgehead atoms. The van der Waals surface area contributed by atoms with Crippen LogP contribution in [0.15, 0.2) is 83.8 Å². The standard InChI is InChI=1S/C25H24FNO3S2/c1-18(19-7-11-22(26)12-8-19)17-24(28)25-27(15-16-31-25)32(29,30)23-13-9-21(10-14-23)20-5-3-2-4-6-20/h2-14,18,25H,15-17H2,1H3. The minimum absolute atomic E-state index is 0.126. The van der Waals surface area contributed by atoms with E-state index in [1.807, 2.05) is 37.3 Å². The van der Waals surface area contributed by atoms with Gasteiger partial charge in [-0.3, -0.25) is 4.79 Å². The topological polar surface area (TPSA) is 54.5 Å². The predicted octanol–water partition coefficient (Wildman–Crippen LogP) is 5.32. The van der Waals surface area contributed by atoms with E-state index in [4.69, 9.17) is 0 Å². The number of rotatable bonds is 7. The number of carbonyl (C=O) groups is 1. The van der Waals surface area contributed by atoms with Gasteiger partial charge in [-0.2, -0.15) is 4.31 Å². The van der Waals surface area contributed by atoms with Crippen molar-refractivity contribution in [3.05, 3.63) is 90.2 Å². The maximum Gasteiger partial charge on any atom is 0.244 e. The van der Waals surface area contributed by atoms with Gasteiger partial charge in [0.1, 0.15) is 11.2 Å². The molecule has 2 unspecified atom stereocenters. The van der Waals surface area contributed by atoms with E-state index in [0.717, 1.165) is 16.7 Å². The third-order valence-electron chi connectivity index (χ3n) is 5.64. The SMILES string of the molecule is CC(CC(=O)C1SCCN1S(=O)(=O)c1ccc(-c2ccccc2)cc1)c1ccc(F)cc1. The first-order valence-electron chi connectivity index (χ1n) is 10.4. The van der Waals surface area contributed by atoms with Gasteiger partial charge in [0.05, 0.1) is 4.90 Å². The van der Waals surface area contributed by atoms with Crippen molar-refractivity contribution in [3.63, 3.8) is 0 Å². The molecule has 0 spiro atoms. The van der Waals surface area contributed by atoms with Crippen LogP contribution in [0.3, 0.4) is 0 Å². The van der Waals surface area contributed by atoms with E-state index < -0.39 is 15.4 Å². The third-order valence-corrected chi connectivity index (χ3v) is 8.90. The van der Waals surface area contributed by atoms with Crippen LogP contribution in [0.4, 0.5) is 4.39 Å². The largest absolute Gasteiger partial charge is 0.297 e. The molecule has 1 saturated heterocycles. The molecular weight excluding hydrogens is 445 g/mol. The summed E-state index contributed by atoms with van der Waals surface area (Å²) in [6, 6.07) is 22.6. The van der Waals surface area contributed by atoms with Crippen molar-refractivity contribution in [2.24, 2.45) is 0 Å². The Morgan fingerprint density at radius 1 is 1.00 bits per heavy atom. The van der Waals surface area contributed by atoms with Crippen LogP contribution in [0.1, 0.15) is 24.8 Å². The van der Waals surface area contributed by atoms with Gasteiger partial charge in [0.15, 0.2) is 5.78 Å². The quantitative estimate of drug-likeness (QED) is 0.470. The van der Waals surface area contributed by atoms with Gasteiger partial charge in [-0.15, -0.1) is 11.8 Å². The summed E-state index contributed by atoms with van der Waals surface area (Å²) in [6.45, 7) is 2.20. The minimum atomic E-state index is -3.80. The summed E-state index contributed by atoms with van der Waals surface area (Å²) in [6.07, 6.45) is 0.197. The normalized spacial score (nSPS) is 17.9. The molecule has 7 heteroatoms. The lowest BCUT2D eigenvalue weighted by Gasteiger charge is -2.23. The molecule has 4 nitrogen and oxygen atoms in total. The highest BCUT2D eigenvalue weighted by Gasteiger charge is 2.40. The number of benzene rings is 3. The van der Waals surface area contributed by atoms with E-state index in [1.54, 1.807) is 36.4 Å². The summed E-state index contributed by atoms with van der Waals surface area (Å²) in [5, 5.41) is -0.739. The summed E-state index contributed by atoms with van der Waals surface area (Å²) in [4.78, 5) is 13.2. The van der Waals surface area contributed by atoms with Crippen molar-refractivity contribution in [3.8, 4) is 11.1 Å². The van der Waals surface area contributed by atoms with Crippen molar-refractivity contribution in [2.45, 2.75) is 29.5 Å². The highest BCUT2D eigenvalue weighted by Crippen LogP contribution is 2.34. The second kappa shape index (κ2) is 9.57. The maximum atomic E-state index is 13.3. The Kier molecular flexibility index (Phi) is 6.79. The fraction of sp³-hybridized carbons (Fsp3) is 0.240. The van der Waals surface area contributed by atoms with Gasteiger partial charge in [0, 0.05) is 18.7 Å². The molecule has 1 heterocycles. The van der Waals surface area contributed by atoms with Crippen LogP contribution in [-0.4, -0.2) is 36.2 Å². The molecule has 1 aliphatic rings. The van der Waals surface area contributed by atoms with Crippen LogP contribution < -0.4 is 0 Å². The van der Waals surface area contributed by atoms with Gasteiger partial charge in [0.25, 0.3) is 0 Å². The van der Waals surface area contributed by atoms with Crippen LogP contribution >= 0.6 is 11.8 Å². The smallest absolute Gasteiger partial charge is 0.244 e. The van der Waals surface area contributed by atoms with Gasteiger partial charge in [0.2, 0.25) is 10.0 Å². The molecule has 0 N–H and O–H groups in total. The number of hydrogen-bond donors (Lipinski definition) is 0. The molecule has 3 aromatic rings. The summed E-state index contributed by atoms with van der Waals surface area (Å²) >= 11 is 1.36. The Morgan fingerprint density at radius 3 is 2.28 bits per heavy atom. The zero-order valence-electron chi connectivity index (χ0n) is 17.6. The average Bonchev–Trinajstić information content (AvgIpc) is 3.31. The van der Waals surface area contributed by atoms with Crippen LogP contribution in [0.5, 0.6) is 0 Å². The second-order valence-electron chi connectivity index (χ2n) is 7.85. The molecule has 0 amide bonds. The molecule has 0 aliphatic carbocycles. The second-order valence-corrected chi connectivity index (χ2v) is 10.9. The van der Waals surface area contributed by atoms with Gasteiger partial charge in [-0.25, -0.2) is 12.8 Å². The first-order valence-corrected chi connectivity index (χ1v) is 12.9. The Balaban J connectivity index is 1.50. The number of halogens is 1. The lowest BCUT2D eigenvalue weighted by Crippen LogP contribution is -2.39. The number of hydrogen-bond acceptors (Lipinski definition) is 4. The predicted molar refractivity (Wildman–Crippen MR) is 126 cm³/mol. The molecule has 32 heavy (non-hydrogen) atoms. The van der Waals surface area contributed by atoms with E-state index in [2.05, 4.69) is 0 Å². The van der Waals surface area contributed by atoms with Gasteiger partial charge in [-0.1, -0.05) is 61.5 Å². The Labute approximate surface area is 192 Å². The molecule has 4 rings (SSSR count). The van der Waals surface area contributed by atoms with Crippen LogP contribution in [-0.2, 0) is 14.8 Å². The molecule has 166 valence electrons. The lowest BCUT2D eigenvalue weighted by molar-refractivity contribution is -0.120. The van der Waals surface area contributed by atoms with Gasteiger partial charge in [-0.05, 0) is 46.9 Å². The maximum absolute atomic E-state index is 13.3. The summed E-state index contributed by atoms with van der Waals surface area (Å²) in [5.74, 6) is -0.00940. The van der Waals surface area contributed by atoms with E-state index in [9.17, 15) is 17.6 Å². The van der Waals surface area contributed by atoms with E-state index in [-0.39, 0.29) is 28.8 Å². The summed E-state index contributed by atoms with van der Waals surface area (Å²) in [7, 11) is -3.80. The van der Waals surface area contributed by atoms with Gasteiger partial charge >= 0.3 is 0 Å². The molecule has 2 atom stereocenters. The fourth-order valence-corrected chi connectivity index (χ4v) is 7.02. The monoisotopic (exact) mass is 469 g/mol. The molecule has 1 aliphatic heterocycles. The molecule has 3 aromatic carbocycles. The summed E-state index contributed by atoms with van der Waals surface area (Å²) < 4.78 is 41.1. The minimum Gasteiger partial charge on any atom is -0.297 e. The zero-order chi connectivity index (χ0) is 22.7. The lowest BCUT2D eigenvalue weighted by atomic mass is 9.95. The first kappa shape index (κ1) is 22.7. The highest BCUT2D eigenvalue weighted by atomic mass is 32.2. The van der Waals surface area contributed by atoms with Crippen LogP contribution in [0.2, 0.25) is 0 Å². The third kappa shape index (κ3) is 4.80. The molecule has 0 saturated carbocycles. The van der Waals surface area contributed by atoms with Crippen molar-refractivity contribution in [2.75, 3.05) is 12.3 Å². The van der Waals surface area contributed by atoms with Crippen LogP contribution in [0, 0.1) is 5.82 Å². The Hall–Kier alpha value is -2.48. The average molecular weight is 470 g/mol. The molecule has 0 aromatic heterocycles. The Morgan fingerprint density at radius 2 is 1.62 bits per heavy atom. The van der Waals surface area contributed by atoms with E-state index in [1.165, 1.54) is 28.2 Å². The number of ketones is 1. The van der Waals surface area contributed by atoms with Gasteiger partial charge < -0.3 is 0 Å².